The van der Waals surface area contributed by atoms with Crippen molar-refractivity contribution in [2.45, 2.75) is 20.3 Å². The molecule has 1 aromatic carbocycles. The maximum atomic E-state index is 12.0. The number of rotatable bonds is 8. The minimum Gasteiger partial charge on any atom is -0.451 e. The number of hydrogen-bond acceptors (Lipinski definition) is 4. The van der Waals surface area contributed by atoms with Crippen LogP contribution >= 0.6 is 0 Å². The summed E-state index contributed by atoms with van der Waals surface area (Å²) in [7, 11) is 0. The highest BCUT2D eigenvalue weighted by molar-refractivity contribution is 5.94. The van der Waals surface area contributed by atoms with Gasteiger partial charge in [-0.15, -0.1) is 0 Å². The molecule has 1 aromatic heterocycles. The quantitative estimate of drug-likeness (QED) is 0.580. The molecule has 0 aliphatic heterocycles. The van der Waals surface area contributed by atoms with Crippen LogP contribution in [0, 0.1) is 0 Å². The molecule has 2 aromatic rings. The van der Waals surface area contributed by atoms with Crippen LogP contribution in [0.5, 0.6) is 0 Å². The number of carbonyl (C=O) groups is 2. The summed E-state index contributed by atoms with van der Waals surface area (Å²) in [6.07, 6.45) is 1.07. The largest absolute Gasteiger partial charge is 0.451 e. The van der Waals surface area contributed by atoms with E-state index in [1.54, 1.807) is 24.3 Å². The zero-order valence-corrected chi connectivity index (χ0v) is 13.5. The van der Waals surface area contributed by atoms with Gasteiger partial charge < -0.3 is 15.1 Å². The molecular weight excluding hydrogens is 292 g/mol. The highest BCUT2D eigenvalue weighted by Gasteiger charge is 2.12. The number of benzene rings is 1. The number of furan rings is 1. The van der Waals surface area contributed by atoms with Gasteiger partial charge >= 0.3 is 0 Å². The van der Waals surface area contributed by atoms with Crippen molar-refractivity contribution in [1.82, 2.24) is 10.6 Å². The Kier molecular flexibility index (Phi) is 6.11. The second kappa shape index (κ2) is 8.29. The van der Waals surface area contributed by atoms with Crippen molar-refractivity contribution in [3.05, 3.63) is 47.7 Å². The number of ketones is 1. The molecule has 2 N–H and O–H groups in total. The lowest BCUT2D eigenvalue weighted by molar-refractivity contribution is 0.0926. The average molecular weight is 314 g/mol. The molecule has 0 saturated carbocycles. The monoisotopic (exact) mass is 314 g/mol. The van der Waals surface area contributed by atoms with E-state index >= 15 is 0 Å². The summed E-state index contributed by atoms with van der Waals surface area (Å²) in [5, 5.41) is 6.02. The van der Waals surface area contributed by atoms with E-state index in [2.05, 4.69) is 17.6 Å². The molecule has 1 heterocycles. The topological polar surface area (TPSA) is 71.3 Å². The van der Waals surface area contributed by atoms with Crippen LogP contribution < -0.4 is 10.6 Å². The Morgan fingerprint density at radius 3 is 2.39 bits per heavy atom. The molecular formula is C18H22N2O3. The van der Waals surface area contributed by atoms with E-state index in [4.69, 9.17) is 4.42 Å². The van der Waals surface area contributed by atoms with E-state index < -0.39 is 0 Å². The lowest BCUT2D eigenvalue weighted by Gasteiger charge is -2.04. The summed E-state index contributed by atoms with van der Waals surface area (Å²) < 4.78 is 5.59. The molecule has 0 saturated heterocycles. The first-order valence-corrected chi connectivity index (χ1v) is 7.82. The highest BCUT2D eigenvalue weighted by Crippen LogP contribution is 2.22. The summed E-state index contributed by atoms with van der Waals surface area (Å²) in [5.74, 6) is 0.683. The fraction of sp³-hybridized carbons (Fsp3) is 0.333. The van der Waals surface area contributed by atoms with Crippen LogP contribution in [0.15, 0.2) is 40.8 Å². The van der Waals surface area contributed by atoms with E-state index in [1.165, 1.54) is 6.92 Å². The summed E-state index contributed by atoms with van der Waals surface area (Å²) >= 11 is 0. The lowest BCUT2D eigenvalue weighted by atomic mass is 10.1. The van der Waals surface area contributed by atoms with Crippen LogP contribution in [0.2, 0.25) is 0 Å². The number of Topliss-reactive ketones (excluding diaryl/α,β-unsaturated/α-hetero) is 1. The zero-order valence-electron chi connectivity index (χ0n) is 13.5. The van der Waals surface area contributed by atoms with Gasteiger partial charge in [0.15, 0.2) is 11.5 Å². The molecule has 2 rings (SSSR count). The fourth-order valence-corrected chi connectivity index (χ4v) is 2.14. The van der Waals surface area contributed by atoms with Gasteiger partial charge in [0.1, 0.15) is 5.76 Å². The summed E-state index contributed by atoms with van der Waals surface area (Å²) in [6, 6.07) is 10.5. The van der Waals surface area contributed by atoms with Crippen LogP contribution in [0.3, 0.4) is 0 Å². The minimum atomic E-state index is -0.227. The molecule has 0 atom stereocenters. The van der Waals surface area contributed by atoms with Gasteiger partial charge in [-0.3, -0.25) is 9.59 Å². The predicted molar refractivity (Wildman–Crippen MR) is 89.6 cm³/mol. The van der Waals surface area contributed by atoms with E-state index in [1.807, 2.05) is 12.1 Å². The first-order chi connectivity index (χ1) is 11.1. The Morgan fingerprint density at radius 1 is 1.00 bits per heavy atom. The second-order valence-electron chi connectivity index (χ2n) is 5.30. The zero-order chi connectivity index (χ0) is 16.7. The molecule has 1 amide bonds. The van der Waals surface area contributed by atoms with Crippen molar-refractivity contribution in [2.75, 3.05) is 19.6 Å². The van der Waals surface area contributed by atoms with Gasteiger partial charge in [0.05, 0.1) is 0 Å². The van der Waals surface area contributed by atoms with Crippen LogP contribution in [0.25, 0.3) is 11.3 Å². The van der Waals surface area contributed by atoms with Crippen LogP contribution in [-0.4, -0.2) is 31.3 Å². The van der Waals surface area contributed by atoms with Crippen molar-refractivity contribution in [1.29, 1.82) is 0 Å². The van der Waals surface area contributed by atoms with E-state index in [9.17, 15) is 9.59 Å². The summed E-state index contributed by atoms with van der Waals surface area (Å²) in [4.78, 5) is 23.3. The van der Waals surface area contributed by atoms with Crippen molar-refractivity contribution >= 4 is 11.7 Å². The average Bonchev–Trinajstić information content (AvgIpc) is 3.04. The number of hydrogen-bond donors (Lipinski definition) is 2. The summed E-state index contributed by atoms with van der Waals surface area (Å²) in [5.41, 5.74) is 1.48. The second-order valence-corrected chi connectivity index (χ2v) is 5.30. The molecule has 0 bridgehead atoms. The van der Waals surface area contributed by atoms with E-state index in [0.717, 1.165) is 25.1 Å². The van der Waals surface area contributed by atoms with Gasteiger partial charge in [-0.25, -0.2) is 0 Å². The molecule has 122 valence electrons. The third-order valence-corrected chi connectivity index (χ3v) is 3.42. The molecule has 0 aliphatic rings. The fourth-order valence-electron chi connectivity index (χ4n) is 2.14. The molecule has 5 heteroatoms. The van der Waals surface area contributed by atoms with Gasteiger partial charge in [-0.1, -0.05) is 31.2 Å². The van der Waals surface area contributed by atoms with Crippen molar-refractivity contribution in [3.63, 3.8) is 0 Å². The number of nitrogens with one attached hydrogen (secondary N) is 2. The third-order valence-electron chi connectivity index (χ3n) is 3.42. The van der Waals surface area contributed by atoms with Crippen molar-refractivity contribution < 1.29 is 14.0 Å². The van der Waals surface area contributed by atoms with E-state index in [-0.39, 0.29) is 17.5 Å². The molecule has 0 fully saturated rings. The van der Waals surface area contributed by atoms with Gasteiger partial charge in [0.25, 0.3) is 5.91 Å². The van der Waals surface area contributed by atoms with Crippen LogP contribution in [0.1, 0.15) is 41.2 Å². The van der Waals surface area contributed by atoms with Crippen LogP contribution in [-0.2, 0) is 0 Å². The Labute approximate surface area is 136 Å². The maximum absolute atomic E-state index is 12.0. The number of carbonyl (C=O) groups excluding carboxylic acids is 2. The maximum Gasteiger partial charge on any atom is 0.287 e. The normalized spacial score (nSPS) is 10.5. The molecule has 23 heavy (non-hydrogen) atoms. The standard InChI is InChI=1S/C18H22N2O3/c1-3-10-19-11-12-20-18(22)17-9-8-16(23-17)15-6-4-14(5-7-15)13(2)21/h4-9,19H,3,10-12H2,1-2H3,(H,20,22). The Morgan fingerprint density at radius 2 is 1.74 bits per heavy atom. The highest BCUT2D eigenvalue weighted by atomic mass is 16.3. The Balaban J connectivity index is 1.94. The van der Waals surface area contributed by atoms with E-state index in [0.29, 0.717) is 17.9 Å². The first kappa shape index (κ1) is 17.0. The smallest absolute Gasteiger partial charge is 0.287 e. The molecule has 0 spiro atoms. The molecule has 0 unspecified atom stereocenters. The Hall–Kier alpha value is -2.40. The first-order valence-electron chi connectivity index (χ1n) is 7.82. The molecule has 0 radical (unpaired) electrons. The Bertz CT molecular complexity index is 659. The SMILES string of the molecule is CCCNCCNC(=O)c1ccc(-c2ccc(C(C)=O)cc2)o1. The van der Waals surface area contributed by atoms with Crippen molar-refractivity contribution in [3.8, 4) is 11.3 Å². The minimum absolute atomic E-state index is 0.0211. The molecule has 5 nitrogen and oxygen atoms in total. The third kappa shape index (κ3) is 4.79. The van der Waals surface area contributed by atoms with Crippen LogP contribution in [0.4, 0.5) is 0 Å². The molecule has 0 aliphatic carbocycles. The van der Waals surface area contributed by atoms with Gasteiger partial charge in [-0.2, -0.15) is 0 Å². The summed E-state index contributed by atoms with van der Waals surface area (Å²) in [6.45, 7) is 5.86. The predicted octanol–water partition coefficient (Wildman–Crippen LogP) is 2.88. The number of amides is 1. The van der Waals surface area contributed by atoms with Gasteiger partial charge in [0, 0.05) is 24.2 Å². The lowest BCUT2D eigenvalue weighted by Crippen LogP contribution is -2.31. The van der Waals surface area contributed by atoms with Gasteiger partial charge in [0.2, 0.25) is 0 Å². The van der Waals surface area contributed by atoms with Gasteiger partial charge in [-0.05, 0) is 32.0 Å². The van der Waals surface area contributed by atoms with Crippen molar-refractivity contribution in [2.24, 2.45) is 0 Å².